The van der Waals surface area contributed by atoms with Crippen molar-refractivity contribution in [2.45, 2.75) is 24.8 Å². The Balaban J connectivity index is 2.51. The van der Waals surface area contributed by atoms with E-state index >= 15 is 0 Å². The van der Waals surface area contributed by atoms with Crippen LogP contribution in [0, 0.1) is 5.82 Å². The van der Waals surface area contributed by atoms with E-state index in [0.717, 1.165) is 25.3 Å². The molecule has 1 aliphatic carbocycles. The van der Waals surface area contributed by atoms with Gasteiger partial charge >= 0.3 is 0 Å². The zero-order chi connectivity index (χ0) is 10.3. The molecular formula is C10H11ClFNO. The van der Waals surface area contributed by atoms with E-state index in [9.17, 15) is 9.50 Å². The van der Waals surface area contributed by atoms with E-state index < -0.39 is 11.4 Å². The zero-order valence-electron chi connectivity index (χ0n) is 7.56. The molecule has 0 atom stereocenters. The molecular weight excluding hydrogens is 205 g/mol. The van der Waals surface area contributed by atoms with Gasteiger partial charge < -0.3 is 10.8 Å². The molecule has 1 aromatic rings. The first kappa shape index (κ1) is 9.74. The molecule has 14 heavy (non-hydrogen) atoms. The first-order valence-corrected chi connectivity index (χ1v) is 4.88. The zero-order valence-corrected chi connectivity index (χ0v) is 8.31. The summed E-state index contributed by atoms with van der Waals surface area (Å²) in [6.45, 7) is 0. The second-order valence-electron chi connectivity index (χ2n) is 3.79. The van der Waals surface area contributed by atoms with Gasteiger partial charge in [-0.1, -0.05) is 11.6 Å². The van der Waals surface area contributed by atoms with E-state index in [1.54, 1.807) is 0 Å². The lowest BCUT2D eigenvalue weighted by molar-refractivity contribution is 0.244. The minimum absolute atomic E-state index is 0.0247. The van der Waals surface area contributed by atoms with Crippen molar-refractivity contribution in [3.63, 3.8) is 0 Å². The Kier molecular flexibility index (Phi) is 2.16. The number of rotatable bonds is 1. The largest absolute Gasteiger partial charge is 0.506 e. The molecule has 2 rings (SSSR count). The Morgan fingerprint density at radius 1 is 1.43 bits per heavy atom. The van der Waals surface area contributed by atoms with E-state index in [1.807, 2.05) is 0 Å². The molecule has 0 radical (unpaired) electrons. The maximum atomic E-state index is 13.0. The average Bonchev–Trinajstić information content (AvgIpc) is 2.07. The fourth-order valence-corrected chi connectivity index (χ4v) is 1.98. The van der Waals surface area contributed by atoms with Gasteiger partial charge in [-0.05, 0) is 31.4 Å². The average molecular weight is 216 g/mol. The van der Waals surface area contributed by atoms with Gasteiger partial charge in [-0.15, -0.1) is 0 Å². The van der Waals surface area contributed by atoms with Crippen molar-refractivity contribution in [1.82, 2.24) is 0 Å². The fraction of sp³-hybridized carbons (Fsp3) is 0.400. The molecule has 0 bridgehead atoms. The van der Waals surface area contributed by atoms with E-state index in [2.05, 4.69) is 0 Å². The van der Waals surface area contributed by atoms with Crippen molar-refractivity contribution < 1.29 is 9.50 Å². The minimum atomic E-state index is -0.587. The molecule has 76 valence electrons. The summed E-state index contributed by atoms with van der Waals surface area (Å²) in [6, 6.07) is 2.35. The molecule has 4 heteroatoms. The highest BCUT2D eigenvalue weighted by Crippen LogP contribution is 2.44. The van der Waals surface area contributed by atoms with Crippen LogP contribution in [0.3, 0.4) is 0 Å². The van der Waals surface area contributed by atoms with Gasteiger partial charge in [0.2, 0.25) is 0 Å². The van der Waals surface area contributed by atoms with Crippen LogP contribution in [-0.2, 0) is 5.54 Å². The predicted molar refractivity (Wildman–Crippen MR) is 52.8 cm³/mol. The molecule has 2 nitrogen and oxygen atoms in total. The second kappa shape index (κ2) is 3.11. The van der Waals surface area contributed by atoms with Gasteiger partial charge in [0.25, 0.3) is 0 Å². The second-order valence-corrected chi connectivity index (χ2v) is 4.20. The van der Waals surface area contributed by atoms with Crippen LogP contribution in [0.25, 0.3) is 0 Å². The number of halogens is 2. The van der Waals surface area contributed by atoms with Crippen LogP contribution in [-0.4, -0.2) is 5.11 Å². The molecule has 0 aromatic heterocycles. The number of nitrogens with two attached hydrogens (primary N) is 1. The van der Waals surface area contributed by atoms with Gasteiger partial charge in [0.15, 0.2) is 0 Å². The predicted octanol–water partition coefficient (Wildman–Crippen LogP) is 2.52. The number of aromatic hydroxyl groups is 1. The Morgan fingerprint density at radius 2 is 2.07 bits per heavy atom. The number of hydrogen-bond donors (Lipinski definition) is 2. The normalized spacial score (nSPS) is 19.1. The third kappa shape index (κ3) is 1.37. The molecule has 0 saturated heterocycles. The summed E-state index contributed by atoms with van der Waals surface area (Å²) in [6.07, 6.45) is 2.53. The number of benzene rings is 1. The van der Waals surface area contributed by atoms with Gasteiger partial charge in [0.05, 0.1) is 5.02 Å². The molecule has 3 N–H and O–H groups in total. The Hall–Kier alpha value is -0.800. The van der Waals surface area contributed by atoms with Crippen LogP contribution in [0.1, 0.15) is 24.8 Å². The Morgan fingerprint density at radius 3 is 2.57 bits per heavy atom. The summed E-state index contributed by atoms with van der Waals surface area (Å²) in [5, 5.41) is 9.67. The molecule has 1 fully saturated rings. The quantitative estimate of drug-likeness (QED) is 0.756. The van der Waals surface area contributed by atoms with E-state index in [0.29, 0.717) is 5.56 Å². The lowest BCUT2D eigenvalue weighted by Crippen LogP contribution is -2.43. The maximum Gasteiger partial charge on any atom is 0.139 e. The van der Waals surface area contributed by atoms with E-state index in [-0.39, 0.29) is 10.8 Å². The monoisotopic (exact) mass is 215 g/mol. The van der Waals surface area contributed by atoms with E-state index in [1.165, 1.54) is 6.07 Å². The molecule has 0 heterocycles. The SMILES string of the molecule is NC1(c2cc(F)cc(Cl)c2O)CCC1. The lowest BCUT2D eigenvalue weighted by atomic mass is 9.72. The van der Waals surface area contributed by atoms with Crippen LogP contribution >= 0.6 is 11.6 Å². The number of phenolic OH excluding ortho intramolecular Hbond substituents is 1. The van der Waals surface area contributed by atoms with Crippen molar-refractivity contribution in [3.05, 3.63) is 28.5 Å². The summed E-state index contributed by atoms with van der Waals surface area (Å²) in [7, 11) is 0. The van der Waals surface area contributed by atoms with Gasteiger partial charge in [-0.3, -0.25) is 0 Å². The van der Waals surface area contributed by atoms with Crippen molar-refractivity contribution in [2.75, 3.05) is 0 Å². The van der Waals surface area contributed by atoms with Crippen LogP contribution in [0.4, 0.5) is 4.39 Å². The Bertz CT molecular complexity index is 377. The highest BCUT2D eigenvalue weighted by atomic mass is 35.5. The molecule has 0 aliphatic heterocycles. The highest BCUT2D eigenvalue weighted by Gasteiger charge is 2.37. The maximum absolute atomic E-state index is 13.0. The molecule has 0 spiro atoms. The smallest absolute Gasteiger partial charge is 0.139 e. The van der Waals surface area contributed by atoms with Gasteiger partial charge in [0.1, 0.15) is 11.6 Å². The standard InChI is InChI=1S/C10H11ClFNO/c11-8-5-6(12)4-7(9(8)14)10(13)2-1-3-10/h4-5,14H,1-3,13H2. The molecule has 1 aliphatic rings. The third-order valence-corrected chi connectivity index (χ3v) is 3.10. The third-order valence-electron chi connectivity index (χ3n) is 2.81. The fourth-order valence-electron chi connectivity index (χ4n) is 1.77. The Labute approximate surface area is 86.5 Å². The first-order valence-electron chi connectivity index (χ1n) is 4.50. The molecule has 1 saturated carbocycles. The van der Waals surface area contributed by atoms with Gasteiger partial charge in [0, 0.05) is 11.1 Å². The number of phenols is 1. The minimum Gasteiger partial charge on any atom is -0.506 e. The topological polar surface area (TPSA) is 46.2 Å². The summed E-state index contributed by atoms with van der Waals surface area (Å²) in [4.78, 5) is 0. The summed E-state index contributed by atoms with van der Waals surface area (Å²) in [5.74, 6) is -0.546. The van der Waals surface area contributed by atoms with Gasteiger partial charge in [-0.2, -0.15) is 0 Å². The van der Waals surface area contributed by atoms with Crippen molar-refractivity contribution in [2.24, 2.45) is 5.73 Å². The van der Waals surface area contributed by atoms with Crippen LogP contribution in [0.2, 0.25) is 5.02 Å². The first-order chi connectivity index (χ1) is 6.53. The summed E-state index contributed by atoms with van der Waals surface area (Å²) < 4.78 is 13.0. The highest BCUT2D eigenvalue weighted by molar-refractivity contribution is 6.32. The summed E-state index contributed by atoms with van der Waals surface area (Å²) >= 11 is 5.66. The van der Waals surface area contributed by atoms with Crippen LogP contribution in [0.15, 0.2) is 12.1 Å². The lowest BCUT2D eigenvalue weighted by Gasteiger charge is -2.39. The van der Waals surface area contributed by atoms with Crippen LogP contribution in [0.5, 0.6) is 5.75 Å². The van der Waals surface area contributed by atoms with Crippen molar-refractivity contribution in [1.29, 1.82) is 0 Å². The number of hydrogen-bond acceptors (Lipinski definition) is 2. The molecule has 0 amide bonds. The van der Waals surface area contributed by atoms with Gasteiger partial charge in [-0.25, -0.2) is 4.39 Å². The molecule has 0 unspecified atom stereocenters. The van der Waals surface area contributed by atoms with Crippen LogP contribution < -0.4 is 5.73 Å². The molecule has 1 aromatic carbocycles. The van der Waals surface area contributed by atoms with Crippen molar-refractivity contribution >= 4 is 11.6 Å². The van der Waals surface area contributed by atoms with Crippen molar-refractivity contribution in [3.8, 4) is 5.75 Å². The van der Waals surface area contributed by atoms with E-state index in [4.69, 9.17) is 17.3 Å². The summed E-state index contributed by atoms with van der Waals surface area (Å²) in [5.41, 5.74) is 5.81.